The average molecular weight is 300 g/mol. The van der Waals surface area contributed by atoms with E-state index in [9.17, 15) is 4.79 Å². The first-order valence-electron chi connectivity index (χ1n) is 7.75. The summed E-state index contributed by atoms with van der Waals surface area (Å²) in [5.41, 5.74) is 1.11. The molecule has 4 heteroatoms. The number of ether oxygens (including phenoxy) is 1. The van der Waals surface area contributed by atoms with E-state index in [-0.39, 0.29) is 12.4 Å². The summed E-state index contributed by atoms with van der Waals surface area (Å²) in [4.78, 5) is 15.8. The molecule has 1 saturated heterocycles. The Morgan fingerprint density at radius 2 is 1.86 bits per heavy atom. The van der Waals surface area contributed by atoms with Crippen LogP contribution in [0.5, 0.6) is 0 Å². The van der Waals surface area contributed by atoms with E-state index >= 15 is 0 Å². The Morgan fingerprint density at radius 3 is 2.36 bits per heavy atom. The summed E-state index contributed by atoms with van der Waals surface area (Å²) in [6.45, 7) is 14.9. The van der Waals surface area contributed by atoms with Gasteiger partial charge in [0, 0.05) is 31.5 Å². The number of hydrogen-bond donors (Lipinski definition) is 1. The number of nitrogens with zero attached hydrogens (tertiary/aromatic N) is 1. The van der Waals surface area contributed by atoms with E-state index in [0.29, 0.717) is 0 Å². The van der Waals surface area contributed by atoms with Crippen LogP contribution in [0.15, 0.2) is 24.3 Å². The smallest absolute Gasteiger partial charge is 0.310 e. The first kappa shape index (κ1) is 16.5. The molecule has 118 valence electrons. The van der Waals surface area contributed by atoms with E-state index in [2.05, 4.69) is 10.2 Å². The van der Waals surface area contributed by atoms with Gasteiger partial charge in [-0.1, -0.05) is 24.3 Å². The average Bonchev–Trinajstić information content (AvgIpc) is 2.46. The van der Waals surface area contributed by atoms with Gasteiger partial charge in [-0.05, 0) is 26.3 Å². The second-order valence-electron chi connectivity index (χ2n) is 6.85. The lowest BCUT2D eigenvalue weighted by atomic mass is 9.82. The summed E-state index contributed by atoms with van der Waals surface area (Å²) in [6.07, 6.45) is 1.94. The van der Waals surface area contributed by atoms with Gasteiger partial charge in [0.2, 0.25) is 0 Å². The number of hydrogen-bond acceptors (Lipinski definition) is 3. The maximum Gasteiger partial charge on any atom is 0.310 e. The lowest BCUT2D eigenvalue weighted by Crippen LogP contribution is -2.37. The molecule has 0 saturated carbocycles. The van der Waals surface area contributed by atoms with Crippen molar-refractivity contribution in [3.8, 4) is 0 Å². The first-order valence-corrected chi connectivity index (χ1v) is 7.75. The van der Waals surface area contributed by atoms with Crippen LogP contribution in [0.2, 0.25) is 0 Å². The van der Waals surface area contributed by atoms with Crippen LogP contribution in [0, 0.1) is 6.57 Å². The van der Waals surface area contributed by atoms with Crippen LogP contribution in [-0.4, -0.2) is 24.7 Å². The topological polar surface area (TPSA) is 42.7 Å². The molecule has 0 aromatic heterocycles. The molecule has 0 amide bonds. The van der Waals surface area contributed by atoms with Gasteiger partial charge in [-0.3, -0.25) is 4.79 Å². The van der Waals surface area contributed by atoms with Crippen LogP contribution < -0.4 is 5.32 Å². The molecule has 0 spiro atoms. The van der Waals surface area contributed by atoms with Gasteiger partial charge in [0.1, 0.15) is 5.60 Å². The lowest BCUT2D eigenvalue weighted by molar-refractivity contribution is -0.153. The van der Waals surface area contributed by atoms with Gasteiger partial charge < -0.3 is 14.9 Å². The first-order chi connectivity index (χ1) is 10.3. The number of carbonyl (C=O) groups is 1. The van der Waals surface area contributed by atoms with Crippen molar-refractivity contribution in [3.05, 3.63) is 46.8 Å². The summed E-state index contributed by atoms with van der Waals surface area (Å²) in [6, 6.07) is 7.86. The van der Waals surface area contributed by atoms with Crippen molar-refractivity contribution in [2.24, 2.45) is 0 Å². The number of nitrogens with one attached hydrogen (secondary N) is 1. The SMILES string of the molecule is [C-]#[N+]C1(c2ccc(CC(=O)OC(C)(C)C)cc2)CCNCC1. The van der Waals surface area contributed by atoms with Crippen molar-refractivity contribution in [1.82, 2.24) is 5.32 Å². The molecule has 1 aliphatic rings. The molecular formula is C18H24N2O2. The van der Waals surface area contributed by atoms with Crippen LogP contribution in [0.25, 0.3) is 4.85 Å². The van der Waals surface area contributed by atoms with E-state index in [0.717, 1.165) is 37.1 Å². The predicted molar refractivity (Wildman–Crippen MR) is 86.4 cm³/mol. The summed E-state index contributed by atoms with van der Waals surface area (Å²) >= 11 is 0. The second-order valence-corrected chi connectivity index (χ2v) is 6.85. The van der Waals surface area contributed by atoms with Gasteiger partial charge in [0.25, 0.3) is 5.54 Å². The minimum Gasteiger partial charge on any atom is -0.460 e. The molecule has 2 rings (SSSR count). The summed E-state index contributed by atoms with van der Waals surface area (Å²) in [5.74, 6) is -0.220. The Kier molecular flexibility index (Phi) is 4.87. The molecule has 0 bridgehead atoms. The molecule has 22 heavy (non-hydrogen) atoms. The van der Waals surface area contributed by atoms with Crippen molar-refractivity contribution < 1.29 is 9.53 Å². The Bertz CT molecular complexity index is 558. The maximum absolute atomic E-state index is 11.9. The van der Waals surface area contributed by atoms with Gasteiger partial charge in [-0.2, -0.15) is 0 Å². The highest BCUT2D eigenvalue weighted by Crippen LogP contribution is 2.35. The van der Waals surface area contributed by atoms with Crippen LogP contribution in [-0.2, 0) is 21.5 Å². The number of carbonyl (C=O) groups excluding carboxylic acids is 1. The standard InChI is InChI=1S/C18H24N2O2/c1-17(2,3)22-16(21)13-14-5-7-15(8-6-14)18(19-4)9-11-20-12-10-18/h5-8,20H,9-13H2,1-3H3. The fraction of sp³-hybridized carbons (Fsp3) is 0.556. The third kappa shape index (κ3) is 4.08. The maximum atomic E-state index is 11.9. The molecule has 1 aromatic carbocycles. The number of benzene rings is 1. The van der Waals surface area contributed by atoms with Crippen LogP contribution in [0.4, 0.5) is 0 Å². The fourth-order valence-corrected chi connectivity index (χ4v) is 2.78. The van der Waals surface area contributed by atoms with E-state index in [1.165, 1.54) is 0 Å². The van der Waals surface area contributed by atoms with Gasteiger partial charge in [0.15, 0.2) is 0 Å². The fourth-order valence-electron chi connectivity index (χ4n) is 2.78. The zero-order chi connectivity index (χ0) is 16.2. The molecule has 1 aromatic rings. The highest BCUT2D eigenvalue weighted by atomic mass is 16.6. The van der Waals surface area contributed by atoms with Crippen molar-refractivity contribution in [2.75, 3.05) is 13.1 Å². The van der Waals surface area contributed by atoms with Crippen molar-refractivity contribution >= 4 is 5.97 Å². The minimum absolute atomic E-state index is 0.220. The van der Waals surface area contributed by atoms with Crippen LogP contribution in [0.1, 0.15) is 44.7 Å². The lowest BCUT2D eigenvalue weighted by Gasteiger charge is -2.27. The summed E-state index contributed by atoms with van der Waals surface area (Å²) < 4.78 is 5.33. The van der Waals surface area contributed by atoms with E-state index in [1.807, 2.05) is 45.0 Å². The van der Waals surface area contributed by atoms with Gasteiger partial charge >= 0.3 is 5.97 Å². The molecule has 1 fully saturated rings. The van der Waals surface area contributed by atoms with Crippen molar-refractivity contribution in [2.45, 2.75) is 51.2 Å². The number of esters is 1. The predicted octanol–water partition coefficient (Wildman–Crippen LogP) is 3.07. The zero-order valence-electron chi connectivity index (χ0n) is 13.6. The minimum atomic E-state index is -0.458. The third-order valence-corrected chi connectivity index (χ3v) is 3.90. The molecule has 1 heterocycles. The molecule has 0 atom stereocenters. The molecule has 1 N–H and O–H groups in total. The van der Waals surface area contributed by atoms with Gasteiger partial charge in [0.05, 0.1) is 6.42 Å². The summed E-state index contributed by atoms with van der Waals surface area (Å²) in [7, 11) is 0. The Labute approximate surface area is 132 Å². The highest BCUT2D eigenvalue weighted by Gasteiger charge is 2.40. The molecule has 0 radical (unpaired) electrons. The molecule has 0 aliphatic carbocycles. The quantitative estimate of drug-likeness (QED) is 0.689. The van der Waals surface area contributed by atoms with Crippen molar-refractivity contribution in [3.63, 3.8) is 0 Å². The summed E-state index contributed by atoms with van der Waals surface area (Å²) in [5, 5.41) is 3.30. The monoisotopic (exact) mass is 300 g/mol. The molecule has 1 aliphatic heterocycles. The van der Waals surface area contributed by atoms with Crippen LogP contribution in [0.3, 0.4) is 0 Å². The number of piperidine rings is 1. The van der Waals surface area contributed by atoms with E-state index in [4.69, 9.17) is 11.3 Å². The molecule has 4 nitrogen and oxygen atoms in total. The van der Waals surface area contributed by atoms with E-state index in [1.54, 1.807) is 0 Å². The Hall–Kier alpha value is -1.86. The normalized spacial score (nSPS) is 17.5. The zero-order valence-corrected chi connectivity index (χ0v) is 13.6. The largest absolute Gasteiger partial charge is 0.460 e. The van der Waals surface area contributed by atoms with Gasteiger partial charge in [-0.15, -0.1) is 0 Å². The molecular weight excluding hydrogens is 276 g/mol. The van der Waals surface area contributed by atoms with Crippen molar-refractivity contribution in [1.29, 1.82) is 0 Å². The second kappa shape index (κ2) is 6.50. The Morgan fingerprint density at radius 1 is 1.27 bits per heavy atom. The van der Waals surface area contributed by atoms with Gasteiger partial charge in [-0.25, -0.2) is 6.57 Å². The highest BCUT2D eigenvalue weighted by molar-refractivity contribution is 5.73. The molecule has 0 unspecified atom stereocenters. The van der Waals surface area contributed by atoms with E-state index < -0.39 is 11.1 Å². The Balaban J connectivity index is 2.07. The third-order valence-electron chi connectivity index (χ3n) is 3.90. The number of rotatable bonds is 3. The van der Waals surface area contributed by atoms with Crippen LogP contribution >= 0.6 is 0 Å².